The van der Waals surface area contributed by atoms with E-state index in [1.54, 1.807) is 6.92 Å². The molecule has 1 aliphatic heterocycles. The molecular weight excluding hydrogens is 306 g/mol. The molecule has 1 saturated heterocycles. The van der Waals surface area contributed by atoms with Crippen molar-refractivity contribution in [2.75, 3.05) is 13.2 Å². The van der Waals surface area contributed by atoms with E-state index in [-0.39, 0.29) is 29.6 Å². The minimum atomic E-state index is -0.777. The second-order valence-corrected chi connectivity index (χ2v) is 7.81. The number of ether oxygens (including phenoxy) is 1. The Kier molecular flexibility index (Phi) is 4.75. The van der Waals surface area contributed by atoms with Gasteiger partial charge in [0.25, 0.3) is 0 Å². The summed E-state index contributed by atoms with van der Waals surface area (Å²) in [5.74, 6) is -0.353. The summed E-state index contributed by atoms with van der Waals surface area (Å²) in [5, 5.41) is 0. The molecule has 2 aliphatic rings. The van der Waals surface area contributed by atoms with E-state index in [4.69, 9.17) is 4.74 Å². The number of rotatable bonds is 4. The van der Waals surface area contributed by atoms with Gasteiger partial charge in [0, 0.05) is 23.9 Å². The van der Waals surface area contributed by atoms with Crippen LogP contribution in [0.3, 0.4) is 0 Å². The van der Waals surface area contributed by atoms with E-state index in [1.807, 2.05) is 44.7 Å². The second-order valence-electron chi connectivity index (χ2n) is 7.81. The van der Waals surface area contributed by atoms with Gasteiger partial charge in [0.1, 0.15) is 0 Å². The number of esters is 1. The van der Waals surface area contributed by atoms with Gasteiger partial charge in [-0.3, -0.25) is 14.4 Å². The third kappa shape index (κ3) is 3.04. The van der Waals surface area contributed by atoms with Crippen LogP contribution in [0.1, 0.15) is 47.5 Å². The van der Waals surface area contributed by atoms with Crippen LogP contribution in [0, 0.1) is 10.8 Å². The van der Waals surface area contributed by atoms with Gasteiger partial charge in [-0.15, -0.1) is 0 Å². The Balaban J connectivity index is 2.38. The minimum Gasteiger partial charge on any atom is -0.466 e. The van der Waals surface area contributed by atoms with Crippen molar-refractivity contribution in [2.45, 2.75) is 53.0 Å². The quantitative estimate of drug-likeness (QED) is 0.742. The predicted molar refractivity (Wildman–Crippen MR) is 91.2 cm³/mol. The molecule has 0 aromatic carbocycles. The third-order valence-corrected chi connectivity index (χ3v) is 5.20. The summed E-state index contributed by atoms with van der Waals surface area (Å²) in [6.45, 7) is 10.5. The lowest BCUT2D eigenvalue weighted by Crippen LogP contribution is -2.45. The lowest BCUT2D eigenvalue weighted by molar-refractivity contribution is -0.145. The molecule has 0 saturated carbocycles. The summed E-state index contributed by atoms with van der Waals surface area (Å²) in [4.78, 5) is 38.5. The number of hydrogen-bond donors (Lipinski definition) is 0. The van der Waals surface area contributed by atoms with E-state index in [9.17, 15) is 14.4 Å². The van der Waals surface area contributed by atoms with Gasteiger partial charge in [-0.05, 0) is 53.2 Å². The van der Waals surface area contributed by atoms with Crippen molar-refractivity contribution < 1.29 is 19.1 Å². The highest BCUT2D eigenvalue weighted by molar-refractivity contribution is 6.01. The Morgan fingerprint density at radius 3 is 2.33 bits per heavy atom. The molecule has 132 valence electrons. The fraction of sp³-hybridized carbons (Fsp3) is 0.632. The average Bonchev–Trinajstić information content (AvgIpc) is 2.71. The van der Waals surface area contributed by atoms with E-state index in [1.165, 1.54) is 12.2 Å². The number of likely N-dealkylation sites (tertiary alicyclic amines) is 1. The number of amides is 1. The molecule has 0 aromatic rings. The van der Waals surface area contributed by atoms with Crippen molar-refractivity contribution >= 4 is 17.7 Å². The van der Waals surface area contributed by atoms with E-state index >= 15 is 0 Å². The highest BCUT2D eigenvalue weighted by atomic mass is 16.5. The monoisotopic (exact) mass is 333 g/mol. The molecule has 1 atom stereocenters. The smallest absolute Gasteiger partial charge is 0.305 e. The normalized spacial score (nSPS) is 25.6. The van der Waals surface area contributed by atoms with E-state index < -0.39 is 10.8 Å². The summed E-state index contributed by atoms with van der Waals surface area (Å²) < 4.78 is 5.01. The summed E-state index contributed by atoms with van der Waals surface area (Å²) in [7, 11) is 0. The summed E-state index contributed by atoms with van der Waals surface area (Å²) in [5.41, 5.74) is -1.67. The highest BCUT2D eigenvalue weighted by Gasteiger charge is 2.60. The first-order valence-corrected chi connectivity index (χ1v) is 8.46. The number of allylic oxidation sites excluding steroid dienone is 2. The number of hydrogen-bond acceptors (Lipinski definition) is 4. The van der Waals surface area contributed by atoms with Crippen molar-refractivity contribution in [1.29, 1.82) is 0 Å². The molecule has 5 heteroatoms. The van der Waals surface area contributed by atoms with Crippen LogP contribution in [0.25, 0.3) is 0 Å². The molecular formula is C19H27NO4. The molecule has 1 fully saturated rings. The van der Waals surface area contributed by atoms with Crippen molar-refractivity contribution in [3.63, 3.8) is 0 Å². The van der Waals surface area contributed by atoms with E-state index in [2.05, 4.69) is 0 Å². The average molecular weight is 333 g/mol. The summed E-state index contributed by atoms with van der Waals surface area (Å²) in [6, 6.07) is 0. The van der Waals surface area contributed by atoms with Crippen molar-refractivity contribution in [3.8, 4) is 0 Å². The van der Waals surface area contributed by atoms with Gasteiger partial charge in [0.2, 0.25) is 5.91 Å². The molecule has 1 heterocycles. The fourth-order valence-corrected chi connectivity index (χ4v) is 3.52. The van der Waals surface area contributed by atoms with Gasteiger partial charge in [-0.25, -0.2) is 0 Å². The first kappa shape index (κ1) is 18.4. The fourth-order valence-electron chi connectivity index (χ4n) is 3.52. The maximum absolute atomic E-state index is 13.2. The van der Waals surface area contributed by atoms with Crippen LogP contribution in [0.5, 0.6) is 0 Å². The molecule has 0 N–H and O–H groups in total. The molecule has 1 amide bonds. The van der Waals surface area contributed by atoms with E-state index in [0.717, 1.165) is 0 Å². The topological polar surface area (TPSA) is 63.7 Å². The molecule has 1 unspecified atom stereocenters. The Bertz CT molecular complexity index is 595. The minimum absolute atomic E-state index is 0.0166. The lowest BCUT2D eigenvalue weighted by atomic mass is 9.62. The van der Waals surface area contributed by atoms with Crippen LogP contribution in [0.4, 0.5) is 0 Å². The number of ketones is 1. The summed E-state index contributed by atoms with van der Waals surface area (Å²) >= 11 is 0. The molecule has 2 rings (SSSR count). The molecule has 24 heavy (non-hydrogen) atoms. The molecule has 1 spiro atoms. The number of carbonyl (C=O) groups is 3. The van der Waals surface area contributed by atoms with Gasteiger partial charge in [0.15, 0.2) is 5.78 Å². The number of carbonyl (C=O) groups excluding carboxylic acids is 3. The zero-order valence-electron chi connectivity index (χ0n) is 15.2. The van der Waals surface area contributed by atoms with Crippen LogP contribution in [-0.4, -0.2) is 41.3 Å². The van der Waals surface area contributed by atoms with Crippen molar-refractivity contribution in [2.24, 2.45) is 10.8 Å². The van der Waals surface area contributed by atoms with Crippen molar-refractivity contribution in [1.82, 2.24) is 4.90 Å². The van der Waals surface area contributed by atoms with Gasteiger partial charge in [0.05, 0.1) is 12.0 Å². The highest BCUT2D eigenvalue weighted by Crippen LogP contribution is 2.54. The van der Waals surface area contributed by atoms with Gasteiger partial charge < -0.3 is 9.64 Å². The van der Waals surface area contributed by atoms with Gasteiger partial charge in [-0.1, -0.05) is 12.2 Å². The van der Waals surface area contributed by atoms with Crippen LogP contribution >= 0.6 is 0 Å². The van der Waals surface area contributed by atoms with Gasteiger partial charge in [-0.2, -0.15) is 0 Å². The predicted octanol–water partition coefficient (Wildman–Crippen LogP) is 2.66. The third-order valence-electron chi connectivity index (χ3n) is 5.20. The molecule has 0 radical (unpaired) electrons. The first-order chi connectivity index (χ1) is 11.1. The lowest BCUT2D eigenvalue weighted by Gasteiger charge is -2.37. The second kappa shape index (κ2) is 6.19. The summed E-state index contributed by atoms with van der Waals surface area (Å²) in [6.07, 6.45) is 7.31. The van der Waals surface area contributed by atoms with Crippen LogP contribution in [0.15, 0.2) is 24.3 Å². The molecule has 0 bridgehead atoms. The molecule has 5 nitrogen and oxygen atoms in total. The van der Waals surface area contributed by atoms with Crippen LogP contribution < -0.4 is 0 Å². The Hall–Kier alpha value is -1.91. The standard InChI is InChI=1S/C19H27NO4/c1-6-24-15(22)9-10-18(5)16(23)20(17(2,3)4)13-19(18)11-7-14(21)8-12-19/h7-8,11-12H,6,9-10,13H2,1-5H3. The maximum Gasteiger partial charge on any atom is 0.305 e. The van der Waals surface area contributed by atoms with Crippen LogP contribution in [0.2, 0.25) is 0 Å². The Morgan fingerprint density at radius 1 is 1.25 bits per heavy atom. The zero-order valence-corrected chi connectivity index (χ0v) is 15.2. The molecule has 0 aromatic heterocycles. The maximum atomic E-state index is 13.2. The Labute approximate surface area is 143 Å². The zero-order chi connectivity index (χ0) is 18.2. The molecule has 1 aliphatic carbocycles. The Morgan fingerprint density at radius 2 is 1.83 bits per heavy atom. The van der Waals surface area contributed by atoms with Gasteiger partial charge >= 0.3 is 5.97 Å². The van der Waals surface area contributed by atoms with E-state index in [0.29, 0.717) is 19.6 Å². The first-order valence-electron chi connectivity index (χ1n) is 8.46. The SMILES string of the molecule is CCOC(=O)CCC1(C)C(=O)N(C(C)(C)C)CC12C=CC(=O)C=C2. The van der Waals surface area contributed by atoms with Crippen LogP contribution in [-0.2, 0) is 19.1 Å². The van der Waals surface area contributed by atoms with Crippen molar-refractivity contribution in [3.05, 3.63) is 24.3 Å². The largest absolute Gasteiger partial charge is 0.466 e. The number of nitrogens with zero attached hydrogens (tertiary/aromatic N) is 1.